The molecule has 124 valence electrons. The van der Waals surface area contributed by atoms with Gasteiger partial charge in [0.1, 0.15) is 6.10 Å². The highest BCUT2D eigenvalue weighted by Crippen LogP contribution is 2.61. The normalized spacial score (nSPS) is 38.4. The highest BCUT2D eigenvalue weighted by Gasteiger charge is 2.56. The molecule has 1 aromatic rings. The third-order valence-corrected chi connectivity index (χ3v) is 7.58. The Bertz CT molecular complexity index is 641. The minimum atomic E-state index is -0.109. The van der Waals surface area contributed by atoms with E-state index in [1.807, 2.05) is 0 Å². The second-order valence-corrected chi connectivity index (χ2v) is 9.22. The summed E-state index contributed by atoms with van der Waals surface area (Å²) >= 11 is 2.43. The van der Waals surface area contributed by atoms with Gasteiger partial charge in [-0.25, -0.2) is 0 Å². The first-order chi connectivity index (χ1) is 11.0. The van der Waals surface area contributed by atoms with E-state index in [1.165, 1.54) is 35.7 Å². The number of aryl methyl sites for hydroxylation is 1. The molecule has 0 aliphatic heterocycles. The molecule has 23 heavy (non-hydrogen) atoms. The number of ether oxygens (including phenoxy) is 1. The second-order valence-electron chi connectivity index (χ2n) is 7.98. The largest absolute Gasteiger partial charge is 0.462 e. The fourth-order valence-corrected chi connectivity index (χ4v) is 6.45. The number of carbonyl (C=O) groups excluding carboxylic acids is 1. The zero-order valence-corrected chi connectivity index (χ0v) is 16.1. The van der Waals surface area contributed by atoms with E-state index in [4.69, 9.17) is 4.74 Å². The molecule has 2 nitrogen and oxygen atoms in total. The molecular formula is C20H25IO2. The van der Waals surface area contributed by atoms with E-state index in [-0.39, 0.29) is 17.5 Å². The van der Waals surface area contributed by atoms with Gasteiger partial charge in [-0.3, -0.25) is 4.79 Å². The molecule has 0 spiro atoms. The van der Waals surface area contributed by atoms with Gasteiger partial charge in [0.2, 0.25) is 0 Å². The summed E-state index contributed by atoms with van der Waals surface area (Å²) in [6.45, 7) is 3.94. The summed E-state index contributed by atoms with van der Waals surface area (Å²) in [6.07, 6.45) is 7.41. The average Bonchev–Trinajstić information content (AvgIpc) is 2.83. The molecule has 1 aromatic carbocycles. The van der Waals surface area contributed by atoms with E-state index in [0.29, 0.717) is 0 Å². The molecule has 0 bridgehead atoms. The van der Waals surface area contributed by atoms with Gasteiger partial charge in [0.25, 0.3) is 0 Å². The molecule has 2 saturated carbocycles. The fraction of sp³-hybridized carbons (Fsp3) is 0.650. The van der Waals surface area contributed by atoms with Crippen molar-refractivity contribution in [3.63, 3.8) is 0 Å². The van der Waals surface area contributed by atoms with Gasteiger partial charge in [-0.15, -0.1) is 0 Å². The molecule has 2 fully saturated rings. The summed E-state index contributed by atoms with van der Waals surface area (Å²) in [4.78, 5) is 11.5. The first-order valence-electron chi connectivity index (χ1n) is 8.94. The molecule has 5 atom stereocenters. The van der Waals surface area contributed by atoms with Crippen LogP contribution in [0.3, 0.4) is 0 Å². The van der Waals surface area contributed by atoms with Crippen LogP contribution in [0.1, 0.15) is 63.0 Å². The Labute approximate surface area is 152 Å². The maximum absolute atomic E-state index is 11.5. The van der Waals surface area contributed by atoms with E-state index in [2.05, 4.69) is 47.7 Å². The van der Waals surface area contributed by atoms with Crippen molar-refractivity contribution in [2.45, 2.75) is 64.4 Å². The van der Waals surface area contributed by atoms with Crippen molar-refractivity contribution >= 4 is 28.6 Å². The van der Waals surface area contributed by atoms with Crippen molar-refractivity contribution in [3.05, 3.63) is 32.9 Å². The number of esters is 1. The SMILES string of the molecule is CC(=O)O[C@H]1CC[C@H]2[C@@H]3CCc4cc(I)ccc4[C@H]3CC[C@]12C. The van der Waals surface area contributed by atoms with E-state index >= 15 is 0 Å². The molecule has 0 saturated heterocycles. The summed E-state index contributed by atoms with van der Waals surface area (Å²) < 4.78 is 7.07. The van der Waals surface area contributed by atoms with Gasteiger partial charge in [-0.1, -0.05) is 13.0 Å². The Kier molecular flexibility index (Phi) is 3.98. The van der Waals surface area contributed by atoms with Crippen molar-refractivity contribution in [1.82, 2.24) is 0 Å². The fourth-order valence-electron chi connectivity index (χ4n) is 5.90. The third kappa shape index (κ3) is 2.54. The lowest BCUT2D eigenvalue weighted by Crippen LogP contribution is -2.45. The van der Waals surface area contributed by atoms with Gasteiger partial charge < -0.3 is 4.74 Å². The van der Waals surface area contributed by atoms with Crippen LogP contribution in [-0.4, -0.2) is 12.1 Å². The van der Waals surface area contributed by atoms with Crippen LogP contribution in [0.4, 0.5) is 0 Å². The van der Waals surface area contributed by atoms with Crippen molar-refractivity contribution in [2.75, 3.05) is 0 Å². The highest BCUT2D eigenvalue weighted by molar-refractivity contribution is 14.1. The molecule has 0 radical (unpaired) electrons. The zero-order valence-electron chi connectivity index (χ0n) is 14.0. The third-order valence-electron chi connectivity index (χ3n) is 6.91. The first-order valence-corrected chi connectivity index (χ1v) is 10.0. The summed E-state index contributed by atoms with van der Waals surface area (Å²) in [5.74, 6) is 2.12. The topological polar surface area (TPSA) is 26.3 Å². The molecular weight excluding hydrogens is 399 g/mol. The summed E-state index contributed by atoms with van der Waals surface area (Å²) in [5, 5.41) is 0. The van der Waals surface area contributed by atoms with Gasteiger partial charge in [0, 0.05) is 15.9 Å². The van der Waals surface area contributed by atoms with Gasteiger partial charge in [-0.05, 0) is 102 Å². The lowest BCUT2D eigenvalue weighted by molar-refractivity contribution is -0.154. The van der Waals surface area contributed by atoms with Crippen molar-refractivity contribution in [1.29, 1.82) is 0 Å². The Balaban J connectivity index is 1.63. The Morgan fingerprint density at radius 2 is 2.09 bits per heavy atom. The van der Waals surface area contributed by atoms with Crippen LogP contribution in [-0.2, 0) is 16.0 Å². The quantitative estimate of drug-likeness (QED) is 0.464. The Hall–Kier alpha value is -0.580. The standard InChI is InChI=1S/C20H25IO2/c1-12(22)23-19-8-7-18-17-5-3-13-11-14(21)4-6-15(13)16(17)9-10-20(18,19)2/h4,6,11,16-19H,3,5,7-10H2,1-2H3/t16-,17-,18+,19+,20+/m1/s1. The average molecular weight is 424 g/mol. The van der Waals surface area contributed by atoms with Crippen LogP contribution in [0.5, 0.6) is 0 Å². The van der Waals surface area contributed by atoms with Crippen LogP contribution in [0.25, 0.3) is 0 Å². The van der Waals surface area contributed by atoms with Crippen LogP contribution < -0.4 is 0 Å². The van der Waals surface area contributed by atoms with E-state index in [1.54, 1.807) is 18.1 Å². The Morgan fingerprint density at radius 3 is 2.87 bits per heavy atom. The number of carbonyl (C=O) groups is 1. The summed E-state index contributed by atoms with van der Waals surface area (Å²) in [7, 11) is 0. The predicted octanol–water partition coefficient (Wildman–Crippen LogP) is 5.08. The molecule has 3 aliphatic rings. The molecule has 0 heterocycles. The molecule has 0 amide bonds. The lowest BCUT2D eigenvalue weighted by Gasteiger charge is -2.50. The number of fused-ring (bicyclic) bond motifs is 5. The van der Waals surface area contributed by atoms with Crippen molar-refractivity contribution in [2.24, 2.45) is 17.3 Å². The maximum atomic E-state index is 11.5. The molecule has 3 aliphatic carbocycles. The minimum Gasteiger partial charge on any atom is -0.462 e. The van der Waals surface area contributed by atoms with Crippen molar-refractivity contribution < 1.29 is 9.53 Å². The number of halogens is 1. The first kappa shape index (κ1) is 15.9. The van der Waals surface area contributed by atoms with Gasteiger partial charge >= 0.3 is 5.97 Å². The number of benzene rings is 1. The summed E-state index contributed by atoms with van der Waals surface area (Å²) in [6, 6.07) is 7.04. The van der Waals surface area contributed by atoms with E-state index < -0.39 is 0 Å². The molecule has 4 rings (SSSR count). The van der Waals surface area contributed by atoms with Crippen molar-refractivity contribution in [3.8, 4) is 0 Å². The van der Waals surface area contributed by atoms with E-state index in [9.17, 15) is 4.79 Å². The zero-order chi connectivity index (χ0) is 16.2. The highest BCUT2D eigenvalue weighted by atomic mass is 127. The maximum Gasteiger partial charge on any atom is 0.302 e. The van der Waals surface area contributed by atoms with E-state index in [0.717, 1.165) is 24.2 Å². The lowest BCUT2D eigenvalue weighted by atomic mass is 9.55. The smallest absolute Gasteiger partial charge is 0.302 e. The molecule has 0 aromatic heterocycles. The van der Waals surface area contributed by atoms with Gasteiger partial charge in [-0.2, -0.15) is 0 Å². The number of rotatable bonds is 1. The second kappa shape index (κ2) is 5.75. The van der Waals surface area contributed by atoms with Gasteiger partial charge in [0.05, 0.1) is 0 Å². The number of hydrogen-bond donors (Lipinski definition) is 0. The molecule has 0 unspecified atom stereocenters. The van der Waals surface area contributed by atoms with Crippen LogP contribution in [0.15, 0.2) is 18.2 Å². The van der Waals surface area contributed by atoms with Crippen LogP contribution in [0.2, 0.25) is 0 Å². The monoisotopic (exact) mass is 424 g/mol. The number of hydrogen-bond acceptors (Lipinski definition) is 2. The molecule has 0 N–H and O–H groups in total. The molecule has 3 heteroatoms. The van der Waals surface area contributed by atoms with Crippen LogP contribution in [0, 0.1) is 20.8 Å². The minimum absolute atomic E-state index is 0.109. The van der Waals surface area contributed by atoms with Gasteiger partial charge in [0.15, 0.2) is 0 Å². The van der Waals surface area contributed by atoms with Crippen LogP contribution >= 0.6 is 22.6 Å². The summed E-state index contributed by atoms with van der Waals surface area (Å²) in [5.41, 5.74) is 3.39. The Morgan fingerprint density at radius 1 is 1.26 bits per heavy atom. The predicted molar refractivity (Wildman–Crippen MR) is 99.3 cm³/mol.